The maximum Gasteiger partial charge on any atom is 0.412 e. The SMILES string of the molecule is C1CCOC1.CC(C)(C)OC(=O)Nc1ccc(Cn2c(NCCN=C(N)N)nc(=O)n(Cc3ccc(Cl)cc3)c2=O)cc1.ClCCl.NC(N)=NCCNc1nc(=O)n(Cc2ccc(Cl)cc2)c(=O)n1Cc1ccc(N)cc1. The minimum Gasteiger partial charge on any atom is -0.444 e. The van der Waals surface area contributed by atoms with Crippen molar-refractivity contribution in [1.82, 2.24) is 28.2 Å². The van der Waals surface area contributed by atoms with Crippen molar-refractivity contribution in [2.75, 3.05) is 66.4 Å². The normalized spacial score (nSPS) is 11.5. The smallest absolute Gasteiger partial charge is 0.412 e. The monoisotopic (exact) mass is 1140 g/mol. The predicted molar refractivity (Wildman–Crippen MR) is 307 cm³/mol. The Balaban J connectivity index is 0.000000294. The van der Waals surface area contributed by atoms with Crippen LogP contribution in [0.3, 0.4) is 0 Å². The molecule has 13 N–H and O–H groups in total. The molecule has 1 saturated heterocycles. The summed E-state index contributed by atoms with van der Waals surface area (Å²) in [6.45, 7) is 8.71. The second kappa shape index (κ2) is 31.5. The summed E-state index contributed by atoms with van der Waals surface area (Å²) in [5.41, 5.74) is 28.2. The molecular weight excluding hydrogens is 1080 g/mol. The summed E-state index contributed by atoms with van der Waals surface area (Å²) in [5.74, 6) is 0.0853. The number of carbonyl (C=O) groups is 1. The van der Waals surface area contributed by atoms with Gasteiger partial charge in [-0.2, -0.15) is 9.97 Å². The Morgan fingerprint density at radius 1 is 0.610 bits per heavy atom. The molecule has 0 saturated carbocycles. The van der Waals surface area contributed by atoms with E-state index in [2.05, 4.69) is 35.9 Å². The van der Waals surface area contributed by atoms with E-state index in [0.29, 0.717) is 27.0 Å². The van der Waals surface area contributed by atoms with Crippen LogP contribution in [-0.2, 0) is 35.7 Å². The van der Waals surface area contributed by atoms with E-state index in [1.54, 1.807) is 118 Å². The first kappa shape index (κ1) is 62.0. The first-order valence-electron chi connectivity index (χ1n) is 23.8. The lowest BCUT2D eigenvalue weighted by molar-refractivity contribution is 0.0636. The molecule has 23 nitrogen and oxygen atoms in total. The number of benzene rings is 4. The molecule has 0 atom stereocenters. The number of halogens is 4. The summed E-state index contributed by atoms with van der Waals surface area (Å²) >= 11 is 21.4. The molecule has 2 aromatic heterocycles. The van der Waals surface area contributed by atoms with Crippen molar-refractivity contribution >= 4 is 87.7 Å². The molecule has 0 bridgehead atoms. The summed E-state index contributed by atoms with van der Waals surface area (Å²) in [6, 6.07) is 27.7. The largest absolute Gasteiger partial charge is 0.444 e. The van der Waals surface area contributed by atoms with Crippen LogP contribution in [0.1, 0.15) is 55.9 Å². The molecule has 0 unspecified atom stereocenters. The van der Waals surface area contributed by atoms with E-state index in [0.717, 1.165) is 39.0 Å². The average Bonchev–Trinajstić information content (AvgIpc) is 3.98. The van der Waals surface area contributed by atoms with Gasteiger partial charge in [0.2, 0.25) is 11.9 Å². The van der Waals surface area contributed by atoms with Gasteiger partial charge in [-0.25, -0.2) is 33.1 Å². The highest BCUT2D eigenvalue weighted by Crippen LogP contribution is 2.16. The number of nitrogens with one attached hydrogen (secondary N) is 3. The van der Waals surface area contributed by atoms with E-state index >= 15 is 0 Å². The van der Waals surface area contributed by atoms with E-state index in [1.165, 1.54) is 22.0 Å². The second-order valence-electron chi connectivity index (χ2n) is 17.6. The molecule has 77 heavy (non-hydrogen) atoms. The van der Waals surface area contributed by atoms with E-state index in [9.17, 15) is 24.0 Å². The zero-order valence-electron chi connectivity index (χ0n) is 42.8. The van der Waals surface area contributed by atoms with Crippen LogP contribution in [-0.4, -0.2) is 96.6 Å². The second-order valence-corrected chi connectivity index (χ2v) is 19.2. The van der Waals surface area contributed by atoms with Crippen LogP contribution in [0.25, 0.3) is 0 Å². The van der Waals surface area contributed by atoms with E-state index in [1.807, 2.05) is 0 Å². The first-order chi connectivity index (χ1) is 36.7. The molecule has 0 radical (unpaired) electrons. The lowest BCUT2D eigenvalue weighted by atomic mass is 10.2. The number of hydrogen-bond donors (Lipinski definition) is 8. The van der Waals surface area contributed by atoms with Crippen molar-refractivity contribution in [2.45, 2.75) is 65.4 Å². The lowest BCUT2D eigenvalue weighted by Gasteiger charge is -2.19. The number of anilines is 4. The van der Waals surface area contributed by atoms with Crippen LogP contribution < -0.4 is 67.4 Å². The van der Waals surface area contributed by atoms with Gasteiger partial charge in [0.1, 0.15) is 5.60 Å². The van der Waals surface area contributed by atoms with E-state index < -0.39 is 34.5 Å². The van der Waals surface area contributed by atoms with Crippen LogP contribution in [0.15, 0.2) is 126 Å². The third-order valence-corrected chi connectivity index (χ3v) is 10.8. The summed E-state index contributed by atoms with van der Waals surface area (Å²) in [4.78, 5) is 80.0. The number of hydrogen-bond acceptors (Lipinski definition) is 14. The lowest BCUT2D eigenvalue weighted by Crippen LogP contribution is -2.43. The topological polar surface area (TPSA) is 340 Å². The number of nitrogen functional groups attached to an aromatic ring is 1. The zero-order chi connectivity index (χ0) is 56.5. The molecule has 4 aromatic carbocycles. The molecule has 27 heteroatoms. The van der Waals surface area contributed by atoms with Crippen LogP contribution in [0.2, 0.25) is 10.0 Å². The van der Waals surface area contributed by atoms with E-state index in [4.69, 9.17) is 84.5 Å². The highest BCUT2D eigenvalue weighted by molar-refractivity contribution is 6.40. The van der Waals surface area contributed by atoms with Gasteiger partial charge in [-0.05, 0) is 104 Å². The zero-order valence-corrected chi connectivity index (χ0v) is 45.8. The van der Waals surface area contributed by atoms with Crippen LogP contribution in [0.4, 0.5) is 28.1 Å². The Labute approximate surface area is 464 Å². The van der Waals surface area contributed by atoms with Crippen LogP contribution >= 0.6 is 46.4 Å². The van der Waals surface area contributed by atoms with E-state index in [-0.39, 0.29) is 81.5 Å². The molecule has 3 heterocycles. The maximum absolute atomic E-state index is 13.5. The molecular formula is C50H64Cl4N16O7. The third kappa shape index (κ3) is 22.3. The van der Waals surface area contributed by atoms with Crippen molar-refractivity contribution in [1.29, 1.82) is 0 Å². The quantitative estimate of drug-likeness (QED) is 0.0199. The number of guanidine groups is 2. The Morgan fingerprint density at radius 3 is 1.30 bits per heavy atom. The molecule has 0 spiro atoms. The summed E-state index contributed by atoms with van der Waals surface area (Å²) in [6.07, 6.45) is 1.98. The first-order valence-corrected chi connectivity index (χ1v) is 25.6. The molecule has 0 aliphatic carbocycles. The van der Waals surface area contributed by atoms with Gasteiger partial charge in [0.15, 0.2) is 11.9 Å². The highest BCUT2D eigenvalue weighted by atomic mass is 35.5. The van der Waals surface area contributed by atoms with Crippen LogP contribution in [0.5, 0.6) is 0 Å². The number of alkyl halides is 2. The number of aliphatic imine (C=N–C) groups is 2. The van der Waals surface area contributed by atoms with Gasteiger partial charge in [-0.15, -0.1) is 23.2 Å². The van der Waals surface area contributed by atoms with Gasteiger partial charge >= 0.3 is 28.9 Å². The minimum atomic E-state index is -0.706. The van der Waals surface area contributed by atoms with Gasteiger partial charge in [0.05, 0.1) is 44.6 Å². The molecule has 1 fully saturated rings. The van der Waals surface area contributed by atoms with Gasteiger partial charge in [0.25, 0.3) is 0 Å². The van der Waals surface area contributed by atoms with Crippen molar-refractivity contribution in [3.63, 3.8) is 0 Å². The maximum atomic E-state index is 13.5. The standard InChI is InChI=1S/C25H31ClN8O4.C20H23ClN8O2.C4H8O.CH2Cl2/c1-25(2,3)38-23(36)31-19-10-6-17(7-11-19)14-33-21(30-13-12-29-20(27)28)32-22(35)34(24(33)37)15-16-4-8-18(26)9-5-16;21-15-5-1-13(2-6-15)12-29-19(30)27-18(26-10-9-25-17(23)24)28(20(29)31)11-14-3-7-16(22)8-4-14;1-2-4-5-3-1;2-1-3/h4-11H,12-15H2,1-3H3,(H,31,36)(H4,27,28,29)(H,30,32,35);1-8H,9-12,22H2,(H4,23,24,25)(H,26,27,30);1-4H2;1H2. The van der Waals surface area contributed by atoms with Crippen molar-refractivity contribution in [2.24, 2.45) is 32.9 Å². The number of ether oxygens (including phenoxy) is 2. The molecule has 1 aliphatic heterocycles. The Morgan fingerprint density at radius 2 is 0.961 bits per heavy atom. The number of rotatable bonds is 17. The number of nitrogens with zero attached hydrogens (tertiary/aromatic N) is 8. The van der Waals surface area contributed by atoms with Crippen molar-refractivity contribution < 1.29 is 14.3 Å². The van der Waals surface area contributed by atoms with Gasteiger partial charge in [-0.3, -0.25) is 24.4 Å². The van der Waals surface area contributed by atoms with Crippen molar-refractivity contribution in [3.05, 3.63) is 171 Å². The summed E-state index contributed by atoms with van der Waals surface area (Å²) < 4.78 is 15.1. The van der Waals surface area contributed by atoms with Crippen molar-refractivity contribution in [3.8, 4) is 0 Å². The summed E-state index contributed by atoms with van der Waals surface area (Å²) in [5, 5.41) is 9.88. The number of aromatic nitrogens is 6. The average molecular weight is 1140 g/mol. The number of carbonyl (C=O) groups excluding carboxylic acids is 1. The Hall–Kier alpha value is -7.57. The van der Waals surface area contributed by atoms with Gasteiger partial charge < -0.3 is 48.8 Å². The van der Waals surface area contributed by atoms with Gasteiger partial charge in [0, 0.05) is 47.7 Å². The fraction of sp³-hybridized carbons (Fsp3) is 0.340. The number of amides is 1. The van der Waals surface area contributed by atoms with Crippen LogP contribution in [0, 0.1) is 0 Å². The predicted octanol–water partition coefficient (Wildman–Crippen LogP) is 4.83. The molecule has 1 aliphatic rings. The third-order valence-electron chi connectivity index (χ3n) is 10.3. The molecule has 1 amide bonds. The fourth-order valence-corrected chi connectivity index (χ4v) is 7.00. The van der Waals surface area contributed by atoms with Gasteiger partial charge in [-0.1, -0.05) is 71.7 Å². The Bertz CT molecular complexity index is 3110. The number of nitrogens with two attached hydrogens (primary N) is 5. The fourth-order valence-electron chi connectivity index (χ4n) is 6.75. The molecule has 7 rings (SSSR count). The highest BCUT2D eigenvalue weighted by Gasteiger charge is 2.18. The minimum absolute atomic E-state index is 0.0227. The molecule has 6 aromatic rings. The Kier molecular flexibility index (Phi) is 25.3. The molecule has 414 valence electrons. The summed E-state index contributed by atoms with van der Waals surface area (Å²) in [7, 11) is 0.